The summed E-state index contributed by atoms with van der Waals surface area (Å²) in [5.41, 5.74) is 1.46. The van der Waals surface area contributed by atoms with Crippen molar-refractivity contribution < 1.29 is 14.3 Å². The zero-order valence-corrected chi connectivity index (χ0v) is 15.6. The van der Waals surface area contributed by atoms with Crippen molar-refractivity contribution in [3.8, 4) is 16.9 Å². The molecule has 0 amide bonds. The summed E-state index contributed by atoms with van der Waals surface area (Å²) in [4.78, 5) is 24.5. The van der Waals surface area contributed by atoms with Crippen LogP contribution in [0.4, 0.5) is 0 Å². The second kappa shape index (κ2) is 8.32. The Morgan fingerprint density at radius 1 is 1.24 bits per heavy atom. The summed E-state index contributed by atoms with van der Waals surface area (Å²) in [7, 11) is 3.16. The topological polar surface area (TPSA) is 57.5 Å². The number of ether oxygens (including phenoxy) is 2. The predicted octanol–water partition coefficient (Wildman–Crippen LogP) is 3.98. The number of ketones is 1. The number of halogens is 1. The number of carbonyl (C=O) groups excluding carboxylic acids is 1. The van der Waals surface area contributed by atoms with Crippen LogP contribution in [-0.2, 0) is 4.74 Å². The van der Waals surface area contributed by atoms with Crippen LogP contribution in [0.5, 0.6) is 5.75 Å². The Bertz CT molecular complexity index is 829. The monoisotopic (exact) mass is 363 g/mol. The summed E-state index contributed by atoms with van der Waals surface area (Å²) >= 11 is 6.10. The lowest BCUT2D eigenvalue weighted by Gasteiger charge is -2.18. The maximum absolute atomic E-state index is 12.6. The second-order valence-electron chi connectivity index (χ2n) is 5.88. The first-order valence-electron chi connectivity index (χ1n) is 7.99. The van der Waals surface area contributed by atoms with Crippen LogP contribution >= 0.6 is 11.6 Å². The molecule has 25 heavy (non-hydrogen) atoms. The van der Waals surface area contributed by atoms with E-state index in [2.05, 4.69) is 0 Å². The minimum Gasteiger partial charge on any atom is -0.495 e. The van der Waals surface area contributed by atoms with Crippen LogP contribution in [0.1, 0.15) is 36.7 Å². The number of carbonyl (C=O) groups is 1. The fraction of sp³-hybridized carbons (Fsp3) is 0.368. The zero-order chi connectivity index (χ0) is 18.6. The van der Waals surface area contributed by atoms with Crippen LogP contribution in [0.15, 0.2) is 35.3 Å². The molecule has 0 bridgehead atoms. The van der Waals surface area contributed by atoms with Crippen molar-refractivity contribution in [2.75, 3.05) is 20.8 Å². The molecule has 2 rings (SSSR count). The molecular formula is C19H22ClNO4. The van der Waals surface area contributed by atoms with Crippen LogP contribution in [0.2, 0.25) is 5.02 Å². The van der Waals surface area contributed by atoms with Crippen molar-refractivity contribution in [1.29, 1.82) is 0 Å². The smallest absolute Gasteiger partial charge is 0.251 e. The van der Waals surface area contributed by atoms with Gasteiger partial charge in [-0.2, -0.15) is 0 Å². The summed E-state index contributed by atoms with van der Waals surface area (Å²) in [5.74, 6) is 0.403. The Morgan fingerprint density at radius 3 is 2.56 bits per heavy atom. The average Bonchev–Trinajstić information content (AvgIpc) is 2.58. The Hall–Kier alpha value is -2.11. The molecule has 2 aromatic rings. The lowest BCUT2D eigenvalue weighted by molar-refractivity contribution is 0.101. The van der Waals surface area contributed by atoms with E-state index in [1.54, 1.807) is 36.1 Å². The third kappa shape index (κ3) is 4.30. The number of hydrogen-bond donors (Lipinski definition) is 0. The lowest BCUT2D eigenvalue weighted by Crippen LogP contribution is -2.23. The van der Waals surface area contributed by atoms with Gasteiger partial charge in [-0.25, -0.2) is 0 Å². The van der Waals surface area contributed by atoms with E-state index in [0.29, 0.717) is 40.5 Å². The molecule has 134 valence electrons. The molecule has 1 atom stereocenters. The maximum atomic E-state index is 12.6. The Balaban J connectivity index is 2.61. The van der Waals surface area contributed by atoms with Crippen LogP contribution < -0.4 is 10.3 Å². The van der Waals surface area contributed by atoms with E-state index < -0.39 is 0 Å². The molecule has 0 saturated heterocycles. The van der Waals surface area contributed by atoms with Crippen molar-refractivity contribution in [2.24, 2.45) is 0 Å². The quantitative estimate of drug-likeness (QED) is 0.698. The molecule has 6 heteroatoms. The highest BCUT2D eigenvalue weighted by Crippen LogP contribution is 2.33. The molecule has 0 saturated carbocycles. The zero-order valence-electron chi connectivity index (χ0n) is 14.8. The van der Waals surface area contributed by atoms with E-state index in [9.17, 15) is 9.59 Å². The molecular weight excluding hydrogens is 342 g/mol. The van der Waals surface area contributed by atoms with Gasteiger partial charge in [0.25, 0.3) is 5.56 Å². The predicted molar refractivity (Wildman–Crippen MR) is 98.9 cm³/mol. The van der Waals surface area contributed by atoms with Crippen LogP contribution in [-0.4, -0.2) is 31.2 Å². The molecule has 5 nitrogen and oxygen atoms in total. The van der Waals surface area contributed by atoms with Crippen LogP contribution in [0, 0.1) is 0 Å². The van der Waals surface area contributed by atoms with Gasteiger partial charge in [-0.1, -0.05) is 11.6 Å². The number of pyridine rings is 1. The molecule has 0 aliphatic carbocycles. The SMILES string of the molecule is COCCC(C)n1cc(OC)c(-c2cc(Cl)ccc2C(C)=O)cc1=O. The number of aromatic nitrogens is 1. The fourth-order valence-corrected chi connectivity index (χ4v) is 2.89. The van der Waals surface area contributed by atoms with Gasteiger partial charge < -0.3 is 14.0 Å². The molecule has 1 aromatic carbocycles. The summed E-state index contributed by atoms with van der Waals surface area (Å²) in [6.07, 6.45) is 2.37. The minimum atomic E-state index is -0.172. The number of Topliss-reactive ketones (excluding diaryl/α,β-unsaturated/α-hetero) is 1. The van der Waals surface area contributed by atoms with E-state index in [1.807, 2.05) is 6.92 Å². The van der Waals surface area contributed by atoms with E-state index >= 15 is 0 Å². The summed E-state index contributed by atoms with van der Waals surface area (Å²) in [6.45, 7) is 3.98. The second-order valence-corrected chi connectivity index (χ2v) is 6.31. The number of methoxy groups -OCH3 is 2. The summed E-state index contributed by atoms with van der Waals surface area (Å²) in [6, 6.07) is 6.44. The van der Waals surface area contributed by atoms with Crippen molar-refractivity contribution in [3.05, 3.63) is 51.4 Å². The van der Waals surface area contributed by atoms with Gasteiger partial charge in [0.05, 0.1) is 13.3 Å². The van der Waals surface area contributed by atoms with Crippen molar-refractivity contribution in [1.82, 2.24) is 4.57 Å². The molecule has 0 aliphatic rings. The van der Waals surface area contributed by atoms with Crippen molar-refractivity contribution >= 4 is 17.4 Å². The highest BCUT2D eigenvalue weighted by atomic mass is 35.5. The molecule has 0 radical (unpaired) electrons. The van der Waals surface area contributed by atoms with Gasteiger partial charge in [-0.05, 0) is 44.0 Å². The highest BCUT2D eigenvalue weighted by Gasteiger charge is 2.17. The van der Waals surface area contributed by atoms with Gasteiger partial charge >= 0.3 is 0 Å². The van der Waals surface area contributed by atoms with Crippen LogP contribution in [0.3, 0.4) is 0 Å². The molecule has 0 aliphatic heterocycles. The Labute approximate surface area is 152 Å². The number of benzene rings is 1. The van der Waals surface area contributed by atoms with E-state index in [-0.39, 0.29) is 17.4 Å². The van der Waals surface area contributed by atoms with Gasteiger partial charge in [0.15, 0.2) is 5.78 Å². The number of hydrogen-bond acceptors (Lipinski definition) is 4. The molecule has 0 spiro atoms. The van der Waals surface area contributed by atoms with Gasteiger partial charge in [0.1, 0.15) is 5.75 Å². The van der Waals surface area contributed by atoms with Crippen LogP contribution in [0.25, 0.3) is 11.1 Å². The van der Waals surface area contributed by atoms with Crippen molar-refractivity contribution in [3.63, 3.8) is 0 Å². The normalized spacial score (nSPS) is 12.0. The van der Waals surface area contributed by atoms with Gasteiger partial charge in [-0.3, -0.25) is 9.59 Å². The van der Waals surface area contributed by atoms with Gasteiger partial charge in [0, 0.05) is 42.0 Å². The summed E-state index contributed by atoms with van der Waals surface area (Å²) in [5, 5.41) is 0.486. The van der Waals surface area contributed by atoms with E-state index in [4.69, 9.17) is 21.1 Å². The van der Waals surface area contributed by atoms with Crippen molar-refractivity contribution in [2.45, 2.75) is 26.3 Å². The highest BCUT2D eigenvalue weighted by molar-refractivity contribution is 6.31. The molecule has 0 fully saturated rings. The first-order chi connectivity index (χ1) is 11.9. The van der Waals surface area contributed by atoms with E-state index in [0.717, 1.165) is 0 Å². The molecule has 0 N–H and O–H groups in total. The first kappa shape index (κ1) is 19.2. The standard InChI is InChI=1S/C19H22ClNO4/c1-12(7-8-24-3)21-11-18(25-4)17(10-19(21)23)16-9-14(20)5-6-15(16)13(2)22/h5-6,9-12H,7-8H2,1-4H3. The number of rotatable bonds is 7. The third-order valence-corrected chi connectivity index (χ3v) is 4.36. The molecule has 1 aromatic heterocycles. The summed E-state index contributed by atoms with van der Waals surface area (Å²) < 4.78 is 12.2. The minimum absolute atomic E-state index is 0.0398. The fourth-order valence-electron chi connectivity index (χ4n) is 2.72. The molecule has 1 unspecified atom stereocenters. The van der Waals surface area contributed by atoms with Gasteiger partial charge in [0.2, 0.25) is 0 Å². The molecule has 1 heterocycles. The Kier molecular flexibility index (Phi) is 6.39. The van der Waals surface area contributed by atoms with Gasteiger partial charge in [-0.15, -0.1) is 0 Å². The average molecular weight is 364 g/mol. The third-order valence-electron chi connectivity index (χ3n) is 4.13. The maximum Gasteiger partial charge on any atom is 0.251 e. The largest absolute Gasteiger partial charge is 0.495 e. The number of nitrogens with zero attached hydrogens (tertiary/aromatic N) is 1. The first-order valence-corrected chi connectivity index (χ1v) is 8.36. The van der Waals surface area contributed by atoms with E-state index in [1.165, 1.54) is 20.1 Å². The Morgan fingerprint density at radius 2 is 1.96 bits per heavy atom. The lowest BCUT2D eigenvalue weighted by atomic mass is 9.97.